The van der Waals surface area contributed by atoms with E-state index in [1.54, 1.807) is 11.3 Å². The lowest BCUT2D eigenvalue weighted by Crippen LogP contribution is -2.04. The number of aromatic nitrogens is 4. The summed E-state index contributed by atoms with van der Waals surface area (Å²) >= 11 is 1.64. The van der Waals surface area contributed by atoms with Gasteiger partial charge in [0, 0.05) is 12.8 Å². The Kier molecular flexibility index (Phi) is 4.22. The quantitative estimate of drug-likeness (QED) is 0.561. The fourth-order valence-electron chi connectivity index (χ4n) is 2.63. The Bertz CT molecular complexity index is 1000. The highest BCUT2D eigenvalue weighted by molar-refractivity contribution is 7.13. The Morgan fingerprint density at radius 3 is 2.80 bits per heavy atom. The first kappa shape index (κ1) is 15.5. The molecule has 0 radical (unpaired) electrons. The van der Waals surface area contributed by atoms with Crippen molar-refractivity contribution >= 4 is 34.5 Å². The van der Waals surface area contributed by atoms with Gasteiger partial charge in [-0.2, -0.15) is 0 Å². The molecule has 0 saturated heterocycles. The number of imidazole rings is 1. The normalized spacial score (nSPS) is 11.5. The Hall–Kier alpha value is -3.06. The average Bonchev–Trinajstić information content (AvgIpc) is 3.28. The van der Waals surface area contributed by atoms with Crippen LogP contribution < -0.4 is 5.73 Å². The molecule has 3 heterocycles. The van der Waals surface area contributed by atoms with Crippen LogP contribution in [-0.4, -0.2) is 32.3 Å². The number of aliphatic imine (C=N–C) groups is 1. The molecular formula is C18H16N6S. The molecule has 0 fully saturated rings. The van der Waals surface area contributed by atoms with E-state index in [4.69, 9.17) is 5.73 Å². The molecule has 7 heteroatoms. The third kappa shape index (κ3) is 3.14. The van der Waals surface area contributed by atoms with Crippen LogP contribution in [0.1, 0.15) is 5.56 Å². The summed E-state index contributed by atoms with van der Waals surface area (Å²) < 4.78 is 2.06. The molecule has 6 nitrogen and oxygen atoms in total. The highest BCUT2D eigenvalue weighted by Gasteiger charge is 2.16. The second kappa shape index (κ2) is 6.82. The minimum Gasteiger partial charge on any atom is -0.382 e. The van der Waals surface area contributed by atoms with Gasteiger partial charge in [0.15, 0.2) is 22.8 Å². The van der Waals surface area contributed by atoms with Gasteiger partial charge < -0.3 is 10.3 Å². The number of nitrogen functional groups attached to an aromatic ring is 1. The van der Waals surface area contributed by atoms with Crippen molar-refractivity contribution in [2.75, 3.05) is 12.3 Å². The highest BCUT2D eigenvalue weighted by Crippen LogP contribution is 2.28. The third-order valence-electron chi connectivity index (χ3n) is 3.79. The average molecular weight is 348 g/mol. The van der Waals surface area contributed by atoms with Crippen LogP contribution in [0, 0.1) is 0 Å². The number of nitrogens with two attached hydrogens (primary N) is 1. The second-order valence-corrected chi connectivity index (χ2v) is 6.39. The number of hydrogen-bond acceptors (Lipinski definition) is 6. The topological polar surface area (TPSA) is 82.0 Å². The van der Waals surface area contributed by atoms with E-state index in [2.05, 4.69) is 24.5 Å². The number of nitrogens with zero attached hydrogens (tertiary/aromatic N) is 5. The molecule has 0 saturated carbocycles. The van der Waals surface area contributed by atoms with Crippen LogP contribution in [0.4, 0.5) is 5.82 Å². The predicted octanol–water partition coefficient (Wildman–Crippen LogP) is 3.26. The molecule has 2 N–H and O–H groups in total. The number of fused-ring (bicyclic) bond motifs is 1. The van der Waals surface area contributed by atoms with E-state index in [1.165, 1.54) is 6.33 Å². The number of benzene rings is 1. The highest BCUT2D eigenvalue weighted by atomic mass is 32.1. The third-order valence-corrected chi connectivity index (χ3v) is 4.66. The minimum atomic E-state index is 0.398. The van der Waals surface area contributed by atoms with Gasteiger partial charge >= 0.3 is 0 Å². The smallest absolute Gasteiger partial charge is 0.165 e. The zero-order valence-electron chi connectivity index (χ0n) is 13.4. The van der Waals surface area contributed by atoms with Crippen LogP contribution in [0.2, 0.25) is 0 Å². The first-order valence-electron chi connectivity index (χ1n) is 7.88. The lowest BCUT2D eigenvalue weighted by atomic mass is 10.2. The summed E-state index contributed by atoms with van der Waals surface area (Å²) in [5.74, 6) is 1.25. The number of rotatable bonds is 5. The fourth-order valence-corrected chi connectivity index (χ4v) is 3.35. The molecule has 0 aliphatic rings. The van der Waals surface area contributed by atoms with Crippen molar-refractivity contribution in [2.24, 2.45) is 4.99 Å². The van der Waals surface area contributed by atoms with Crippen molar-refractivity contribution in [3.63, 3.8) is 0 Å². The summed E-state index contributed by atoms with van der Waals surface area (Å²) in [6.07, 6.45) is 3.36. The van der Waals surface area contributed by atoms with Gasteiger partial charge in [0.25, 0.3) is 0 Å². The summed E-state index contributed by atoms with van der Waals surface area (Å²) in [5.41, 5.74) is 8.43. The molecule has 4 rings (SSSR count). The number of anilines is 1. The van der Waals surface area contributed by atoms with Crippen molar-refractivity contribution in [3.8, 4) is 10.7 Å². The number of hydrogen-bond donors (Lipinski definition) is 1. The van der Waals surface area contributed by atoms with E-state index in [0.29, 0.717) is 24.4 Å². The molecule has 0 amide bonds. The maximum atomic E-state index is 5.97. The van der Waals surface area contributed by atoms with Gasteiger partial charge in [-0.15, -0.1) is 11.3 Å². The summed E-state index contributed by atoms with van der Waals surface area (Å²) in [6.45, 7) is 1.30. The molecule has 4 aromatic rings. The lowest BCUT2D eigenvalue weighted by Gasteiger charge is -2.05. The van der Waals surface area contributed by atoms with E-state index >= 15 is 0 Å². The predicted molar refractivity (Wildman–Crippen MR) is 102 cm³/mol. The van der Waals surface area contributed by atoms with E-state index in [1.807, 2.05) is 54.1 Å². The van der Waals surface area contributed by atoms with Gasteiger partial charge in [-0.1, -0.05) is 36.4 Å². The molecule has 0 unspecified atom stereocenters. The maximum Gasteiger partial charge on any atom is 0.165 e. The Labute approximate surface area is 148 Å². The van der Waals surface area contributed by atoms with Crippen molar-refractivity contribution < 1.29 is 0 Å². The standard InChI is InChI=1S/C18H16N6S/c19-16-15-18(22-12-21-16)24(17(23-15)14-7-4-10-25-14)9-8-20-11-13-5-2-1-3-6-13/h1-7,10-12H,8-9H2,(H2,19,21,22). The van der Waals surface area contributed by atoms with Crippen molar-refractivity contribution in [2.45, 2.75) is 6.54 Å². The zero-order valence-corrected chi connectivity index (χ0v) is 14.2. The summed E-state index contributed by atoms with van der Waals surface area (Å²) in [7, 11) is 0. The second-order valence-electron chi connectivity index (χ2n) is 5.44. The summed E-state index contributed by atoms with van der Waals surface area (Å²) in [6, 6.07) is 14.1. The lowest BCUT2D eigenvalue weighted by molar-refractivity contribution is 0.732. The number of thiophene rings is 1. The first-order valence-corrected chi connectivity index (χ1v) is 8.76. The Morgan fingerprint density at radius 1 is 1.12 bits per heavy atom. The van der Waals surface area contributed by atoms with Crippen molar-refractivity contribution in [3.05, 3.63) is 59.7 Å². The molecule has 0 spiro atoms. The van der Waals surface area contributed by atoms with E-state index < -0.39 is 0 Å². The van der Waals surface area contributed by atoms with Crippen LogP contribution >= 0.6 is 11.3 Å². The van der Waals surface area contributed by atoms with E-state index in [-0.39, 0.29) is 0 Å². The van der Waals surface area contributed by atoms with Gasteiger partial charge in [-0.05, 0) is 17.0 Å². The van der Waals surface area contributed by atoms with Crippen molar-refractivity contribution in [1.82, 2.24) is 19.5 Å². The first-order chi connectivity index (χ1) is 12.3. The molecule has 1 aromatic carbocycles. The van der Waals surface area contributed by atoms with Crippen LogP contribution in [0.25, 0.3) is 21.9 Å². The molecular weight excluding hydrogens is 332 g/mol. The van der Waals surface area contributed by atoms with Gasteiger partial charge in [0.1, 0.15) is 6.33 Å². The van der Waals surface area contributed by atoms with Crippen LogP contribution in [0.15, 0.2) is 59.2 Å². The molecule has 0 atom stereocenters. The van der Waals surface area contributed by atoms with Gasteiger partial charge in [0.2, 0.25) is 0 Å². The zero-order chi connectivity index (χ0) is 17.1. The van der Waals surface area contributed by atoms with Crippen LogP contribution in [-0.2, 0) is 6.54 Å². The summed E-state index contributed by atoms with van der Waals surface area (Å²) in [4.78, 5) is 18.7. The van der Waals surface area contributed by atoms with Gasteiger partial charge in [-0.3, -0.25) is 4.99 Å². The molecule has 0 aliphatic carbocycles. The molecule has 0 bridgehead atoms. The van der Waals surface area contributed by atoms with Gasteiger partial charge in [-0.25, -0.2) is 15.0 Å². The van der Waals surface area contributed by atoms with Gasteiger partial charge in [0.05, 0.1) is 11.4 Å². The molecule has 3 aromatic heterocycles. The molecule has 25 heavy (non-hydrogen) atoms. The summed E-state index contributed by atoms with van der Waals surface area (Å²) in [5, 5.41) is 2.03. The monoisotopic (exact) mass is 348 g/mol. The van der Waals surface area contributed by atoms with E-state index in [9.17, 15) is 0 Å². The SMILES string of the molecule is Nc1ncnc2c1nc(-c1cccs1)n2CCN=Cc1ccccc1. The Morgan fingerprint density at radius 2 is 2.00 bits per heavy atom. The fraction of sp³-hybridized carbons (Fsp3) is 0.111. The maximum absolute atomic E-state index is 5.97. The van der Waals surface area contributed by atoms with Crippen LogP contribution in [0.3, 0.4) is 0 Å². The van der Waals surface area contributed by atoms with Crippen LogP contribution in [0.5, 0.6) is 0 Å². The molecule has 0 aliphatic heterocycles. The largest absolute Gasteiger partial charge is 0.382 e. The minimum absolute atomic E-state index is 0.398. The molecule has 124 valence electrons. The Balaban J connectivity index is 1.65. The van der Waals surface area contributed by atoms with E-state index in [0.717, 1.165) is 21.9 Å². The van der Waals surface area contributed by atoms with Crippen molar-refractivity contribution in [1.29, 1.82) is 0 Å².